The summed E-state index contributed by atoms with van der Waals surface area (Å²) in [4.78, 5) is 33.1. The number of thiophene rings is 1. The van der Waals surface area contributed by atoms with Crippen molar-refractivity contribution in [1.82, 2.24) is 19.4 Å². The van der Waals surface area contributed by atoms with Crippen LogP contribution in [0.5, 0.6) is 0 Å². The van der Waals surface area contributed by atoms with Crippen LogP contribution < -0.4 is 5.56 Å². The Morgan fingerprint density at radius 1 is 1.32 bits per heavy atom. The van der Waals surface area contributed by atoms with Gasteiger partial charge in [0.05, 0.1) is 11.3 Å². The molecule has 8 heteroatoms. The average molecular weight is 338 g/mol. The van der Waals surface area contributed by atoms with Crippen LogP contribution in [0.2, 0.25) is 0 Å². The number of hydrogen-bond donors (Lipinski definition) is 0. The smallest absolute Gasteiger partial charge is 0.271 e. The van der Waals surface area contributed by atoms with Gasteiger partial charge in [0.1, 0.15) is 4.70 Å². The first-order valence-electron chi connectivity index (χ1n) is 7.09. The fraction of sp³-hybridized carbons (Fsp3) is 0.500. The second kappa shape index (κ2) is 6.39. The highest BCUT2D eigenvalue weighted by atomic mass is 32.2. The number of aromatic nitrogens is 2. The minimum Gasteiger partial charge on any atom is -0.339 e. The summed E-state index contributed by atoms with van der Waals surface area (Å²) in [6.07, 6.45) is 0. The maximum Gasteiger partial charge on any atom is 0.271 e. The van der Waals surface area contributed by atoms with E-state index < -0.39 is 0 Å². The Morgan fingerprint density at radius 3 is 2.77 bits per heavy atom. The normalized spacial score (nSPS) is 16.4. The molecule has 118 valence electrons. The van der Waals surface area contributed by atoms with Gasteiger partial charge in [-0.2, -0.15) is 0 Å². The number of carbonyl (C=O) groups excluding carboxylic acids is 1. The van der Waals surface area contributed by atoms with E-state index in [0.717, 1.165) is 26.2 Å². The number of likely N-dealkylation sites (N-methyl/N-ethyl adjacent to an activating group) is 1. The third kappa shape index (κ3) is 3.04. The Balaban J connectivity index is 1.70. The van der Waals surface area contributed by atoms with Crippen LogP contribution >= 0.6 is 23.1 Å². The van der Waals surface area contributed by atoms with E-state index in [2.05, 4.69) is 16.9 Å². The SMILES string of the molecule is CN1CCN(C(=O)CSc2nc3ccsc3c(=O)n2C)CC1. The quantitative estimate of drug-likeness (QED) is 0.614. The lowest BCUT2D eigenvalue weighted by Gasteiger charge is -2.32. The standard InChI is InChI=1S/C14H18N4O2S2/c1-16-4-6-18(7-5-16)11(19)9-22-14-15-10-3-8-21-12(10)13(20)17(14)2/h3,8H,4-7,9H2,1-2H3. The van der Waals surface area contributed by atoms with Gasteiger partial charge in [-0.05, 0) is 18.5 Å². The Hall–Kier alpha value is -1.38. The molecule has 3 rings (SSSR count). The van der Waals surface area contributed by atoms with E-state index in [9.17, 15) is 9.59 Å². The van der Waals surface area contributed by atoms with Crippen molar-refractivity contribution in [3.05, 3.63) is 21.8 Å². The summed E-state index contributed by atoms with van der Waals surface area (Å²) < 4.78 is 2.19. The zero-order valence-electron chi connectivity index (χ0n) is 12.6. The summed E-state index contributed by atoms with van der Waals surface area (Å²) in [6, 6.07) is 1.84. The Labute approximate surface area is 136 Å². The van der Waals surface area contributed by atoms with E-state index in [-0.39, 0.29) is 11.5 Å². The average Bonchev–Trinajstić information content (AvgIpc) is 2.98. The van der Waals surface area contributed by atoms with Gasteiger partial charge in [-0.25, -0.2) is 4.98 Å². The van der Waals surface area contributed by atoms with E-state index in [1.54, 1.807) is 7.05 Å². The van der Waals surface area contributed by atoms with Crippen LogP contribution in [-0.4, -0.2) is 64.2 Å². The molecule has 3 heterocycles. The summed E-state index contributed by atoms with van der Waals surface area (Å²) in [5.41, 5.74) is 0.664. The van der Waals surface area contributed by atoms with Crippen LogP contribution in [-0.2, 0) is 11.8 Å². The van der Waals surface area contributed by atoms with Gasteiger partial charge >= 0.3 is 0 Å². The lowest BCUT2D eigenvalue weighted by molar-refractivity contribution is -0.129. The lowest BCUT2D eigenvalue weighted by Crippen LogP contribution is -2.47. The molecule has 1 aliphatic rings. The molecule has 1 saturated heterocycles. The van der Waals surface area contributed by atoms with Crippen LogP contribution in [0, 0.1) is 0 Å². The van der Waals surface area contributed by atoms with Gasteiger partial charge in [0.25, 0.3) is 5.56 Å². The van der Waals surface area contributed by atoms with Crippen LogP contribution in [0.3, 0.4) is 0 Å². The molecule has 22 heavy (non-hydrogen) atoms. The Kier molecular flexibility index (Phi) is 4.51. The van der Waals surface area contributed by atoms with Gasteiger partial charge in [0.15, 0.2) is 5.16 Å². The first kappa shape index (κ1) is 15.5. The number of thioether (sulfide) groups is 1. The second-order valence-corrected chi connectivity index (χ2v) is 7.22. The predicted octanol–water partition coefficient (Wildman–Crippen LogP) is 0.861. The van der Waals surface area contributed by atoms with Crippen molar-refractivity contribution in [3.63, 3.8) is 0 Å². The highest BCUT2D eigenvalue weighted by Crippen LogP contribution is 2.20. The summed E-state index contributed by atoms with van der Waals surface area (Å²) in [5.74, 6) is 0.428. The Bertz CT molecular complexity index is 747. The van der Waals surface area contributed by atoms with Crippen molar-refractivity contribution < 1.29 is 4.79 Å². The fourth-order valence-corrected chi connectivity index (χ4v) is 4.05. The molecular formula is C14H18N4O2S2. The zero-order chi connectivity index (χ0) is 15.7. The van der Waals surface area contributed by atoms with Gasteiger partial charge in [-0.15, -0.1) is 11.3 Å². The molecular weight excluding hydrogens is 320 g/mol. The van der Waals surface area contributed by atoms with E-state index >= 15 is 0 Å². The van der Waals surface area contributed by atoms with Crippen molar-refractivity contribution >= 4 is 39.2 Å². The van der Waals surface area contributed by atoms with Crippen LogP contribution in [0.15, 0.2) is 21.4 Å². The van der Waals surface area contributed by atoms with Gasteiger partial charge in [-0.3, -0.25) is 14.2 Å². The van der Waals surface area contributed by atoms with E-state index in [1.165, 1.54) is 27.7 Å². The number of rotatable bonds is 3. The van der Waals surface area contributed by atoms with Gasteiger partial charge in [-0.1, -0.05) is 11.8 Å². The van der Waals surface area contributed by atoms with E-state index in [1.807, 2.05) is 16.3 Å². The van der Waals surface area contributed by atoms with Gasteiger partial charge in [0, 0.05) is 33.2 Å². The molecule has 6 nitrogen and oxygen atoms in total. The van der Waals surface area contributed by atoms with Crippen LogP contribution in [0.4, 0.5) is 0 Å². The number of piperazine rings is 1. The molecule has 0 aromatic carbocycles. The second-order valence-electron chi connectivity index (χ2n) is 5.37. The lowest BCUT2D eigenvalue weighted by atomic mass is 10.3. The van der Waals surface area contributed by atoms with Crippen molar-refractivity contribution in [1.29, 1.82) is 0 Å². The molecule has 1 aliphatic heterocycles. The highest BCUT2D eigenvalue weighted by molar-refractivity contribution is 7.99. The molecule has 0 spiro atoms. The number of hydrogen-bond acceptors (Lipinski definition) is 6. The molecule has 0 N–H and O–H groups in total. The third-order valence-electron chi connectivity index (χ3n) is 3.83. The number of amides is 1. The van der Waals surface area contributed by atoms with Crippen molar-refractivity contribution in [2.45, 2.75) is 5.16 Å². The summed E-state index contributed by atoms with van der Waals surface area (Å²) in [6.45, 7) is 3.36. The van der Waals surface area contributed by atoms with Crippen molar-refractivity contribution in [2.75, 3.05) is 39.0 Å². The minimum atomic E-state index is -0.0467. The van der Waals surface area contributed by atoms with Gasteiger partial charge < -0.3 is 9.80 Å². The first-order chi connectivity index (χ1) is 10.6. The largest absolute Gasteiger partial charge is 0.339 e. The summed E-state index contributed by atoms with van der Waals surface area (Å²) in [5, 5.41) is 2.46. The number of carbonyl (C=O) groups is 1. The number of nitrogens with zero attached hydrogens (tertiary/aromatic N) is 4. The molecule has 1 fully saturated rings. The molecule has 0 unspecified atom stereocenters. The number of fused-ring (bicyclic) bond motifs is 1. The summed E-state index contributed by atoms with van der Waals surface area (Å²) >= 11 is 2.73. The first-order valence-corrected chi connectivity index (χ1v) is 8.96. The van der Waals surface area contributed by atoms with Crippen molar-refractivity contribution in [3.8, 4) is 0 Å². The fourth-order valence-electron chi connectivity index (χ4n) is 2.37. The topological polar surface area (TPSA) is 58.4 Å². The summed E-state index contributed by atoms with van der Waals surface area (Å²) in [7, 11) is 3.77. The van der Waals surface area contributed by atoms with E-state index in [4.69, 9.17) is 0 Å². The Morgan fingerprint density at radius 2 is 2.05 bits per heavy atom. The molecule has 0 atom stereocenters. The molecule has 0 saturated carbocycles. The van der Waals surface area contributed by atoms with E-state index in [0.29, 0.717) is 21.1 Å². The predicted molar refractivity (Wildman–Crippen MR) is 89.7 cm³/mol. The van der Waals surface area contributed by atoms with Crippen molar-refractivity contribution in [2.24, 2.45) is 7.05 Å². The molecule has 1 amide bonds. The third-order valence-corrected chi connectivity index (χ3v) is 5.73. The molecule has 0 radical (unpaired) electrons. The monoisotopic (exact) mass is 338 g/mol. The van der Waals surface area contributed by atoms with Gasteiger partial charge in [0.2, 0.25) is 5.91 Å². The highest BCUT2D eigenvalue weighted by Gasteiger charge is 2.20. The van der Waals surface area contributed by atoms with Crippen LogP contribution in [0.25, 0.3) is 10.2 Å². The van der Waals surface area contributed by atoms with Crippen LogP contribution in [0.1, 0.15) is 0 Å². The molecule has 2 aromatic rings. The molecule has 0 bridgehead atoms. The maximum absolute atomic E-state index is 12.3. The zero-order valence-corrected chi connectivity index (χ0v) is 14.2. The molecule has 0 aliphatic carbocycles. The maximum atomic E-state index is 12.3. The minimum absolute atomic E-state index is 0.0467. The molecule has 2 aromatic heterocycles.